The van der Waals surface area contributed by atoms with Gasteiger partial charge in [0.1, 0.15) is 0 Å². The van der Waals surface area contributed by atoms with Gasteiger partial charge in [0.15, 0.2) is 0 Å². The molecular formula is C16H26N2O2S. The Kier molecular flexibility index (Phi) is 5.65. The van der Waals surface area contributed by atoms with Gasteiger partial charge in [-0.1, -0.05) is 26.2 Å². The van der Waals surface area contributed by atoms with Crippen molar-refractivity contribution in [1.82, 2.24) is 4.72 Å². The smallest absolute Gasteiger partial charge is 0.240 e. The zero-order chi connectivity index (χ0) is 15.3. The third-order valence-electron chi connectivity index (χ3n) is 4.56. The first-order valence-corrected chi connectivity index (χ1v) is 9.31. The van der Waals surface area contributed by atoms with Crippen LogP contribution in [0.4, 0.5) is 5.69 Å². The van der Waals surface area contributed by atoms with Crippen molar-refractivity contribution in [3.8, 4) is 0 Å². The van der Waals surface area contributed by atoms with Crippen molar-refractivity contribution in [2.75, 3.05) is 18.9 Å². The van der Waals surface area contributed by atoms with Gasteiger partial charge in [-0.3, -0.25) is 0 Å². The molecule has 1 saturated carbocycles. The lowest BCUT2D eigenvalue weighted by molar-refractivity contribution is 0.270. The first-order chi connectivity index (χ1) is 10.0. The normalized spacial score (nSPS) is 23.0. The van der Waals surface area contributed by atoms with E-state index in [4.69, 9.17) is 0 Å². The molecule has 1 aromatic rings. The van der Waals surface area contributed by atoms with Gasteiger partial charge in [0.2, 0.25) is 10.0 Å². The van der Waals surface area contributed by atoms with Crippen LogP contribution in [0.15, 0.2) is 29.2 Å². The second kappa shape index (κ2) is 7.27. The second-order valence-electron chi connectivity index (χ2n) is 5.92. The van der Waals surface area contributed by atoms with Crippen LogP contribution in [-0.2, 0) is 10.0 Å². The molecule has 0 aliphatic heterocycles. The molecular weight excluding hydrogens is 284 g/mol. The Labute approximate surface area is 128 Å². The highest BCUT2D eigenvalue weighted by Crippen LogP contribution is 2.30. The van der Waals surface area contributed by atoms with E-state index in [9.17, 15) is 8.42 Å². The quantitative estimate of drug-likeness (QED) is 0.848. The number of rotatable bonds is 6. The molecule has 0 amide bonds. The molecule has 0 bridgehead atoms. The first-order valence-electron chi connectivity index (χ1n) is 7.82. The lowest BCUT2D eigenvalue weighted by Crippen LogP contribution is -2.31. The topological polar surface area (TPSA) is 58.2 Å². The van der Waals surface area contributed by atoms with Crippen LogP contribution in [-0.4, -0.2) is 22.0 Å². The van der Waals surface area contributed by atoms with Gasteiger partial charge < -0.3 is 5.32 Å². The number of hydrogen-bond donors (Lipinski definition) is 2. The lowest BCUT2D eigenvalue weighted by Gasteiger charge is -2.27. The third kappa shape index (κ3) is 4.45. The molecule has 21 heavy (non-hydrogen) atoms. The SMILES string of the molecule is CCC1CCC(CNS(=O)(=O)c2ccc(NC)cc2)CC1. The highest BCUT2D eigenvalue weighted by Gasteiger charge is 2.22. The molecule has 118 valence electrons. The Hall–Kier alpha value is -1.07. The number of hydrogen-bond acceptors (Lipinski definition) is 3. The molecule has 0 atom stereocenters. The average Bonchev–Trinajstić information content (AvgIpc) is 2.53. The lowest BCUT2D eigenvalue weighted by atomic mass is 9.81. The maximum absolute atomic E-state index is 12.3. The van der Waals surface area contributed by atoms with Gasteiger partial charge in [0, 0.05) is 19.3 Å². The maximum Gasteiger partial charge on any atom is 0.240 e. The fourth-order valence-corrected chi connectivity index (χ4v) is 4.07. The predicted octanol–water partition coefficient (Wildman–Crippen LogP) is 3.22. The number of sulfonamides is 1. The Morgan fingerprint density at radius 3 is 2.14 bits per heavy atom. The van der Waals surface area contributed by atoms with Crippen LogP contribution in [0.5, 0.6) is 0 Å². The molecule has 0 aromatic heterocycles. The Morgan fingerprint density at radius 1 is 1.05 bits per heavy atom. The molecule has 1 fully saturated rings. The molecule has 0 unspecified atom stereocenters. The molecule has 0 spiro atoms. The Morgan fingerprint density at radius 2 is 1.62 bits per heavy atom. The zero-order valence-corrected chi connectivity index (χ0v) is 13.7. The van der Waals surface area contributed by atoms with Gasteiger partial charge in [-0.2, -0.15) is 0 Å². The van der Waals surface area contributed by atoms with E-state index in [1.54, 1.807) is 24.3 Å². The van der Waals surface area contributed by atoms with Crippen molar-refractivity contribution in [3.63, 3.8) is 0 Å². The van der Waals surface area contributed by atoms with Crippen molar-refractivity contribution in [3.05, 3.63) is 24.3 Å². The van der Waals surface area contributed by atoms with Gasteiger partial charge in [0.05, 0.1) is 4.90 Å². The van der Waals surface area contributed by atoms with E-state index in [0.29, 0.717) is 17.4 Å². The van der Waals surface area contributed by atoms with E-state index in [1.807, 2.05) is 7.05 Å². The summed E-state index contributed by atoms with van der Waals surface area (Å²) in [6.07, 6.45) is 6.00. The van der Waals surface area contributed by atoms with Crippen LogP contribution < -0.4 is 10.0 Å². The Balaban J connectivity index is 1.89. The van der Waals surface area contributed by atoms with E-state index in [2.05, 4.69) is 17.0 Å². The summed E-state index contributed by atoms with van der Waals surface area (Å²) < 4.78 is 27.3. The maximum atomic E-state index is 12.3. The van der Waals surface area contributed by atoms with Crippen molar-refractivity contribution in [1.29, 1.82) is 0 Å². The molecule has 1 aromatic carbocycles. The fourth-order valence-electron chi connectivity index (χ4n) is 2.96. The monoisotopic (exact) mass is 310 g/mol. The summed E-state index contributed by atoms with van der Waals surface area (Å²) in [4.78, 5) is 0.337. The van der Waals surface area contributed by atoms with Crippen molar-refractivity contribution in [2.24, 2.45) is 11.8 Å². The van der Waals surface area contributed by atoms with Crippen LogP contribution in [0, 0.1) is 11.8 Å². The minimum Gasteiger partial charge on any atom is -0.388 e. The van der Waals surface area contributed by atoms with Crippen LogP contribution in [0.1, 0.15) is 39.0 Å². The van der Waals surface area contributed by atoms with Gasteiger partial charge in [-0.05, 0) is 48.9 Å². The number of benzene rings is 1. The van der Waals surface area contributed by atoms with Crippen LogP contribution in [0.3, 0.4) is 0 Å². The standard InChI is InChI=1S/C16H26N2O2S/c1-3-13-4-6-14(7-5-13)12-18-21(19,20)16-10-8-15(17-2)9-11-16/h8-11,13-14,17-18H,3-7,12H2,1-2H3. The van der Waals surface area contributed by atoms with Crippen LogP contribution in [0.2, 0.25) is 0 Å². The zero-order valence-electron chi connectivity index (χ0n) is 12.9. The molecule has 0 saturated heterocycles. The van der Waals surface area contributed by atoms with Gasteiger partial charge in [-0.15, -0.1) is 0 Å². The predicted molar refractivity (Wildman–Crippen MR) is 86.9 cm³/mol. The van der Waals surface area contributed by atoms with E-state index in [1.165, 1.54) is 19.3 Å². The molecule has 1 aliphatic carbocycles. The molecule has 0 radical (unpaired) electrons. The van der Waals surface area contributed by atoms with Crippen LogP contribution in [0.25, 0.3) is 0 Å². The minimum atomic E-state index is -3.38. The Bertz CT molecular complexity index is 532. The summed E-state index contributed by atoms with van der Waals surface area (Å²) in [5.74, 6) is 1.33. The molecule has 4 nitrogen and oxygen atoms in total. The number of nitrogens with one attached hydrogen (secondary N) is 2. The fraction of sp³-hybridized carbons (Fsp3) is 0.625. The van der Waals surface area contributed by atoms with E-state index in [0.717, 1.165) is 24.4 Å². The van der Waals surface area contributed by atoms with E-state index in [-0.39, 0.29) is 0 Å². The molecule has 2 rings (SSSR count). The first kappa shape index (κ1) is 16.3. The van der Waals surface area contributed by atoms with Gasteiger partial charge >= 0.3 is 0 Å². The highest BCUT2D eigenvalue weighted by atomic mass is 32.2. The van der Waals surface area contributed by atoms with E-state index < -0.39 is 10.0 Å². The van der Waals surface area contributed by atoms with Crippen LogP contribution >= 0.6 is 0 Å². The van der Waals surface area contributed by atoms with E-state index >= 15 is 0 Å². The summed E-state index contributed by atoms with van der Waals surface area (Å²) in [5, 5.41) is 2.98. The third-order valence-corrected chi connectivity index (χ3v) is 6.00. The molecule has 0 heterocycles. The van der Waals surface area contributed by atoms with Gasteiger partial charge in [0.25, 0.3) is 0 Å². The summed E-state index contributed by atoms with van der Waals surface area (Å²) in [6.45, 7) is 2.80. The van der Waals surface area contributed by atoms with Crippen molar-refractivity contribution < 1.29 is 8.42 Å². The summed E-state index contributed by atoms with van der Waals surface area (Å²) in [5.41, 5.74) is 0.909. The second-order valence-corrected chi connectivity index (χ2v) is 7.69. The highest BCUT2D eigenvalue weighted by molar-refractivity contribution is 7.89. The van der Waals surface area contributed by atoms with Gasteiger partial charge in [-0.25, -0.2) is 13.1 Å². The average molecular weight is 310 g/mol. The molecule has 2 N–H and O–H groups in total. The molecule has 5 heteroatoms. The summed E-state index contributed by atoms with van der Waals surface area (Å²) in [7, 11) is -1.57. The summed E-state index contributed by atoms with van der Waals surface area (Å²) in [6, 6.07) is 6.84. The van der Waals surface area contributed by atoms with Crippen molar-refractivity contribution >= 4 is 15.7 Å². The minimum absolute atomic E-state index is 0.337. The largest absolute Gasteiger partial charge is 0.388 e. The van der Waals surface area contributed by atoms with Crippen molar-refractivity contribution in [2.45, 2.75) is 43.9 Å². The molecule has 1 aliphatic rings. The summed E-state index contributed by atoms with van der Waals surface area (Å²) >= 11 is 0. The number of anilines is 1.